The number of hydrogen-bond donors (Lipinski definition) is 0. The van der Waals surface area contributed by atoms with Gasteiger partial charge in [-0.05, 0) is 47.7 Å². The minimum Gasteiger partial charge on any atom is -0.494 e. The molecule has 0 aliphatic carbocycles. The first kappa shape index (κ1) is 26.9. The largest absolute Gasteiger partial charge is 0.494 e. The summed E-state index contributed by atoms with van der Waals surface area (Å²) in [5.41, 5.74) is 6.27. The van der Waals surface area contributed by atoms with E-state index in [1.54, 1.807) is 0 Å². The Bertz CT molecular complexity index is 922. The van der Waals surface area contributed by atoms with Gasteiger partial charge in [-0.2, -0.15) is 0 Å². The van der Waals surface area contributed by atoms with Crippen LogP contribution in [0.1, 0.15) is 82.6 Å². The molecule has 0 radical (unpaired) electrons. The van der Waals surface area contributed by atoms with E-state index in [0.717, 1.165) is 18.8 Å². The van der Waals surface area contributed by atoms with Gasteiger partial charge >= 0.3 is 0 Å². The maximum Gasteiger partial charge on any atom is 0.119 e. The van der Waals surface area contributed by atoms with Crippen LogP contribution >= 0.6 is 0 Å². The third-order valence-corrected chi connectivity index (χ3v) is 6.78. The maximum absolute atomic E-state index is 5.98. The topological polar surface area (TPSA) is 9.23 Å². The van der Waals surface area contributed by atoms with Crippen molar-refractivity contribution in [2.24, 2.45) is 0 Å². The van der Waals surface area contributed by atoms with Gasteiger partial charge in [-0.3, -0.25) is 0 Å². The first-order valence-electron chi connectivity index (χ1n) is 13.8. The Labute approximate surface area is 214 Å². The van der Waals surface area contributed by atoms with Gasteiger partial charge in [-0.25, -0.2) is 0 Å². The van der Waals surface area contributed by atoms with Gasteiger partial charge in [0.05, 0.1) is 6.61 Å². The Hall–Kier alpha value is -2.67. The quantitative estimate of drug-likeness (QED) is 0.141. The highest BCUT2D eigenvalue weighted by molar-refractivity contribution is 5.70. The molecule has 0 fully saturated rings. The molecule has 0 aliphatic rings. The highest BCUT2D eigenvalue weighted by Crippen LogP contribution is 2.26. The fraction of sp³-hybridized carbons (Fsp3) is 0.412. The lowest BCUT2D eigenvalue weighted by molar-refractivity contribution is 0.304. The van der Waals surface area contributed by atoms with Gasteiger partial charge < -0.3 is 4.74 Å². The molecule has 35 heavy (non-hydrogen) atoms. The van der Waals surface area contributed by atoms with Crippen molar-refractivity contribution in [2.75, 3.05) is 6.61 Å². The lowest BCUT2D eigenvalue weighted by Crippen LogP contribution is -1.97. The summed E-state index contributed by atoms with van der Waals surface area (Å²) < 4.78 is 5.98. The molecule has 3 aromatic rings. The summed E-state index contributed by atoms with van der Waals surface area (Å²) in [4.78, 5) is 0. The van der Waals surface area contributed by atoms with Gasteiger partial charge in [0.1, 0.15) is 5.75 Å². The fourth-order valence-corrected chi connectivity index (χ4v) is 4.52. The van der Waals surface area contributed by atoms with Crippen LogP contribution < -0.4 is 4.74 Å². The molecule has 0 atom stereocenters. The van der Waals surface area contributed by atoms with Crippen LogP contribution in [0.2, 0.25) is 0 Å². The second-order valence-corrected chi connectivity index (χ2v) is 9.78. The van der Waals surface area contributed by atoms with Gasteiger partial charge in [0, 0.05) is 0 Å². The van der Waals surface area contributed by atoms with Crippen LogP contribution in [0.4, 0.5) is 0 Å². The highest BCUT2D eigenvalue weighted by Gasteiger charge is 2.02. The molecule has 0 unspecified atom stereocenters. The van der Waals surface area contributed by atoms with Crippen molar-refractivity contribution in [1.82, 2.24) is 0 Å². The van der Waals surface area contributed by atoms with E-state index >= 15 is 0 Å². The van der Waals surface area contributed by atoms with E-state index in [-0.39, 0.29) is 0 Å². The van der Waals surface area contributed by atoms with Crippen LogP contribution in [-0.2, 0) is 0 Å². The monoisotopic (exact) mass is 468 g/mol. The van der Waals surface area contributed by atoms with Gasteiger partial charge in [0.15, 0.2) is 0 Å². The highest BCUT2D eigenvalue weighted by atomic mass is 16.5. The zero-order valence-corrected chi connectivity index (χ0v) is 21.8. The summed E-state index contributed by atoms with van der Waals surface area (Å²) in [6.07, 6.45) is 18.0. The lowest BCUT2D eigenvalue weighted by Gasteiger charge is -2.09. The lowest BCUT2D eigenvalue weighted by atomic mass is 10.00. The first-order chi connectivity index (χ1) is 17.3. The summed E-state index contributed by atoms with van der Waals surface area (Å²) in [6.45, 7) is 6.72. The van der Waals surface area contributed by atoms with E-state index in [0.29, 0.717) is 0 Å². The van der Waals surface area contributed by atoms with Crippen LogP contribution in [0.5, 0.6) is 5.75 Å². The number of rotatable bonds is 17. The van der Waals surface area contributed by atoms with Crippen molar-refractivity contribution in [3.05, 3.63) is 91.7 Å². The van der Waals surface area contributed by atoms with Gasteiger partial charge in [0.25, 0.3) is 0 Å². The Balaban J connectivity index is 1.25. The van der Waals surface area contributed by atoms with Crippen molar-refractivity contribution >= 4 is 0 Å². The Kier molecular flexibility index (Phi) is 12.4. The number of hydrogen-bond acceptors (Lipinski definition) is 1. The molecular formula is C34H44O. The van der Waals surface area contributed by atoms with Crippen LogP contribution in [-0.4, -0.2) is 6.61 Å². The van der Waals surface area contributed by atoms with Gasteiger partial charge in [-0.1, -0.05) is 137 Å². The molecule has 1 nitrogen and oxygen atoms in total. The summed E-state index contributed by atoms with van der Waals surface area (Å²) in [5.74, 6) is 0.970. The molecule has 0 aliphatic heterocycles. The van der Waals surface area contributed by atoms with E-state index in [2.05, 4.69) is 86.6 Å². The molecule has 3 aromatic carbocycles. The van der Waals surface area contributed by atoms with E-state index in [9.17, 15) is 0 Å². The third kappa shape index (κ3) is 10.2. The second-order valence-electron chi connectivity index (χ2n) is 9.78. The third-order valence-electron chi connectivity index (χ3n) is 6.78. The Morgan fingerprint density at radius 2 is 0.886 bits per heavy atom. The Morgan fingerprint density at radius 3 is 1.34 bits per heavy atom. The molecule has 0 N–H and O–H groups in total. The fourth-order valence-electron chi connectivity index (χ4n) is 4.52. The standard InChI is InChI=1S/C34H44O/c1-3-4-5-6-7-8-9-10-11-12-13-14-15-28-35-34-26-24-33(25-27-34)32-22-20-31(21-23-32)30-18-16-29(2)17-19-30/h3,16-27H,1,4-15,28H2,2H3. The minimum absolute atomic E-state index is 0.815. The van der Waals surface area contributed by atoms with Crippen molar-refractivity contribution in [3.8, 4) is 28.0 Å². The Morgan fingerprint density at radius 1 is 0.514 bits per heavy atom. The van der Waals surface area contributed by atoms with Crippen molar-refractivity contribution in [2.45, 2.75) is 84.0 Å². The number of ether oxygens (including phenoxy) is 1. The summed E-state index contributed by atoms with van der Waals surface area (Å²) >= 11 is 0. The molecular weight excluding hydrogens is 424 g/mol. The molecule has 0 heterocycles. The van der Waals surface area contributed by atoms with Gasteiger partial charge in [-0.15, -0.1) is 12.8 Å². The van der Waals surface area contributed by atoms with Crippen molar-refractivity contribution < 1.29 is 4.74 Å². The van der Waals surface area contributed by atoms with E-state index in [1.807, 2.05) is 6.42 Å². The smallest absolute Gasteiger partial charge is 0.119 e. The van der Waals surface area contributed by atoms with E-state index in [4.69, 9.17) is 4.74 Å². The summed E-state index contributed by atoms with van der Waals surface area (Å²) in [7, 11) is 0. The first-order valence-corrected chi connectivity index (χ1v) is 13.8. The molecule has 0 spiro atoms. The number of aryl methyl sites for hydroxylation is 1. The molecule has 0 bridgehead atoms. The van der Waals surface area contributed by atoms with E-state index < -0.39 is 0 Å². The SMILES string of the molecule is [CH2+][CH-]CCCCCCCCCCCCCOc1ccc(-c2ccc(-c3ccc(C)cc3)cc2)cc1. The molecule has 0 saturated carbocycles. The minimum atomic E-state index is 0.815. The van der Waals surface area contributed by atoms with Crippen molar-refractivity contribution in [3.63, 3.8) is 0 Å². The zero-order chi connectivity index (χ0) is 24.6. The van der Waals surface area contributed by atoms with Gasteiger partial charge in [0.2, 0.25) is 0 Å². The number of benzene rings is 3. The number of unbranched alkanes of at least 4 members (excludes halogenated alkanes) is 12. The van der Waals surface area contributed by atoms with Crippen LogP contribution in [0.15, 0.2) is 72.8 Å². The van der Waals surface area contributed by atoms with Crippen molar-refractivity contribution in [1.29, 1.82) is 0 Å². The van der Waals surface area contributed by atoms with Crippen LogP contribution in [0, 0.1) is 20.3 Å². The second kappa shape index (κ2) is 16.1. The zero-order valence-electron chi connectivity index (χ0n) is 21.8. The van der Waals surface area contributed by atoms with Crippen LogP contribution in [0.3, 0.4) is 0 Å². The maximum atomic E-state index is 5.98. The predicted octanol–water partition coefficient (Wildman–Crippen LogP) is 10.4. The average molecular weight is 469 g/mol. The molecule has 186 valence electrons. The molecule has 0 saturated heterocycles. The predicted molar refractivity (Wildman–Crippen MR) is 153 cm³/mol. The summed E-state index contributed by atoms with van der Waals surface area (Å²) in [5, 5.41) is 0. The van der Waals surface area contributed by atoms with E-state index in [1.165, 1.54) is 98.4 Å². The molecule has 1 heteroatoms. The molecule has 0 amide bonds. The molecule has 0 aromatic heterocycles. The molecule has 3 rings (SSSR count). The summed E-state index contributed by atoms with van der Waals surface area (Å²) in [6, 6.07) is 26.0. The average Bonchev–Trinajstić information content (AvgIpc) is 2.90. The normalized spacial score (nSPS) is 11.0. The van der Waals surface area contributed by atoms with Crippen LogP contribution in [0.25, 0.3) is 22.3 Å².